The molecule has 9 heteroatoms. The van der Waals surface area contributed by atoms with Gasteiger partial charge in [0.05, 0.1) is 18.1 Å². The second-order valence-electron chi connectivity index (χ2n) is 5.75. The molecule has 2 aromatic rings. The zero-order chi connectivity index (χ0) is 18.4. The first-order valence-corrected chi connectivity index (χ1v) is 7.73. The fraction of sp³-hybridized carbons (Fsp3) is 0.438. The van der Waals surface area contributed by atoms with Crippen LogP contribution in [0, 0.1) is 0 Å². The Labute approximate surface area is 142 Å². The summed E-state index contributed by atoms with van der Waals surface area (Å²) in [7, 11) is 1.37. The number of hydrogen-bond donors (Lipinski definition) is 1. The molecule has 2 rings (SSSR count). The summed E-state index contributed by atoms with van der Waals surface area (Å²) in [5.41, 5.74) is -0.363. The Morgan fingerprint density at radius 2 is 2.04 bits per heavy atom. The lowest BCUT2D eigenvalue weighted by Crippen LogP contribution is -2.36. The molecule has 0 saturated carbocycles. The van der Waals surface area contributed by atoms with Crippen LogP contribution < -0.4 is 10.9 Å². The smallest absolute Gasteiger partial charge is 0.354 e. The van der Waals surface area contributed by atoms with Gasteiger partial charge in [0, 0.05) is 11.9 Å². The number of halogens is 3. The Hall–Kier alpha value is -2.42. The van der Waals surface area contributed by atoms with Crippen LogP contribution in [0.2, 0.25) is 0 Å². The number of carbonyl (C=O) groups excluding carboxylic acids is 1. The maximum atomic E-state index is 12.2. The molecule has 136 valence electrons. The van der Waals surface area contributed by atoms with Crippen LogP contribution in [-0.4, -0.2) is 53.4 Å². The van der Waals surface area contributed by atoms with Gasteiger partial charge in [-0.25, -0.2) is 4.68 Å². The molecule has 1 aromatic carbocycles. The van der Waals surface area contributed by atoms with Crippen molar-refractivity contribution in [2.24, 2.45) is 0 Å². The number of fused-ring (bicyclic) bond motifs is 1. The topological polar surface area (TPSA) is 67.2 Å². The van der Waals surface area contributed by atoms with Crippen molar-refractivity contribution in [2.45, 2.75) is 19.1 Å². The number of benzene rings is 1. The highest BCUT2D eigenvalue weighted by molar-refractivity contribution is 5.81. The average molecular weight is 356 g/mol. The van der Waals surface area contributed by atoms with Crippen molar-refractivity contribution in [1.82, 2.24) is 20.0 Å². The summed E-state index contributed by atoms with van der Waals surface area (Å²) in [5.74, 6) is -0.414. The Morgan fingerprint density at radius 3 is 2.76 bits per heavy atom. The predicted octanol–water partition coefficient (Wildman–Crippen LogP) is 1.40. The number of rotatable bonds is 7. The van der Waals surface area contributed by atoms with Crippen molar-refractivity contribution >= 4 is 16.7 Å². The highest BCUT2D eigenvalue weighted by Crippen LogP contribution is 2.15. The molecule has 0 aliphatic heterocycles. The zero-order valence-electron chi connectivity index (χ0n) is 13.7. The van der Waals surface area contributed by atoms with E-state index in [0.717, 1.165) is 9.58 Å². The molecule has 0 spiro atoms. The second-order valence-corrected chi connectivity index (χ2v) is 5.75. The number of nitrogens with one attached hydrogen (secondary N) is 1. The van der Waals surface area contributed by atoms with Crippen LogP contribution in [0.5, 0.6) is 0 Å². The van der Waals surface area contributed by atoms with E-state index in [2.05, 4.69) is 10.4 Å². The maximum Gasteiger partial charge on any atom is 0.401 e. The molecule has 25 heavy (non-hydrogen) atoms. The standard InChI is InChI=1S/C16H19F3N4O2/c1-22(11-16(17,18)19)8-4-7-20-14(24)10-23-15(25)13-6-3-2-5-12(13)9-21-23/h2-3,5-6,9H,4,7-8,10-11H2,1H3,(H,20,24). The predicted molar refractivity (Wildman–Crippen MR) is 87.2 cm³/mol. The molecule has 0 unspecified atom stereocenters. The first-order valence-electron chi connectivity index (χ1n) is 7.73. The molecule has 0 radical (unpaired) electrons. The third-order valence-corrected chi connectivity index (χ3v) is 3.54. The molecule has 1 heterocycles. The monoisotopic (exact) mass is 356 g/mol. The first-order chi connectivity index (χ1) is 11.8. The van der Waals surface area contributed by atoms with Gasteiger partial charge in [0.1, 0.15) is 6.54 Å². The van der Waals surface area contributed by atoms with Crippen LogP contribution >= 0.6 is 0 Å². The van der Waals surface area contributed by atoms with Crippen molar-refractivity contribution < 1.29 is 18.0 Å². The fourth-order valence-corrected chi connectivity index (χ4v) is 2.39. The van der Waals surface area contributed by atoms with Gasteiger partial charge in [-0.2, -0.15) is 18.3 Å². The number of aromatic nitrogens is 2. The molecular weight excluding hydrogens is 337 g/mol. The van der Waals surface area contributed by atoms with Gasteiger partial charge in [0.2, 0.25) is 5.91 Å². The molecular formula is C16H19F3N4O2. The molecule has 1 N–H and O–H groups in total. The Morgan fingerprint density at radius 1 is 1.32 bits per heavy atom. The lowest BCUT2D eigenvalue weighted by Gasteiger charge is -2.18. The number of amides is 1. The van der Waals surface area contributed by atoms with Gasteiger partial charge in [-0.3, -0.25) is 14.5 Å². The molecule has 0 aliphatic carbocycles. The minimum Gasteiger partial charge on any atom is -0.354 e. The van der Waals surface area contributed by atoms with Gasteiger partial charge in [0.25, 0.3) is 5.56 Å². The van der Waals surface area contributed by atoms with Crippen molar-refractivity contribution in [3.05, 3.63) is 40.8 Å². The molecule has 0 bridgehead atoms. The van der Waals surface area contributed by atoms with E-state index in [-0.39, 0.29) is 25.2 Å². The van der Waals surface area contributed by atoms with Crippen molar-refractivity contribution in [3.8, 4) is 0 Å². The average Bonchev–Trinajstić information content (AvgIpc) is 2.53. The maximum absolute atomic E-state index is 12.2. The second kappa shape index (κ2) is 8.11. The highest BCUT2D eigenvalue weighted by atomic mass is 19.4. The summed E-state index contributed by atoms with van der Waals surface area (Å²) < 4.78 is 37.6. The summed E-state index contributed by atoms with van der Waals surface area (Å²) in [4.78, 5) is 25.2. The van der Waals surface area contributed by atoms with Gasteiger partial charge in [-0.1, -0.05) is 18.2 Å². The molecule has 1 amide bonds. The summed E-state index contributed by atoms with van der Waals surface area (Å²) in [6.07, 6.45) is -2.35. The molecule has 1 aromatic heterocycles. The summed E-state index contributed by atoms with van der Waals surface area (Å²) in [6, 6.07) is 6.93. The largest absolute Gasteiger partial charge is 0.401 e. The SMILES string of the molecule is CN(CCCNC(=O)Cn1ncc2ccccc2c1=O)CC(F)(F)F. The van der Waals surface area contributed by atoms with E-state index in [0.29, 0.717) is 17.2 Å². The minimum absolute atomic E-state index is 0.202. The van der Waals surface area contributed by atoms with Crippen LogP contribution in [0.25, 0.3) is 10.8 Å². The van der Waals surface area contributed by atoms with E-state index in [4.69, 9.17) is 0 Å². The quantitative estimate of drug-likeness (QED) is 0.762. The number of alkyl halides is 3. The number of nitrogens with zero attached hydrogens (tertiary/aromatic N) is 3. The Bertz CT molecular complexity index is 789. The first kappa shape index (κ1) is 18.9. The fourth-order valence-electron chi connectivity index (χ4n) is 2.39. The van der Waals surface area contributed by atoms with E-state index in [9.17, 15) is 22.8 Å². The van der Waals surface area contributed by atoms with Gasteiger partial charge < -0.3 is 5.32 Å². The molecule has 0 aliphatic rings. The van der Waals surface area contributed by atoms with Crippen LogP contribution in [0.3, 0.4) is 0 Å². The third kappa shape index (κ3) is 5.86. The molecule has 6 nitrogen and oxygen atoms in total. The van der Waals surface area contributed by atoms with Crippen molar-refractivity contribution in [2.75, 3.05) is 26.7 Å². The van der Waals surface area contributed by atoms with Gasteiger partial charge in [0.15, 0.2) is 0 Å². The summed E-state index contributed by atoms with van der Waals surface area (Å²) in [5, 5.41) is 7.69. The minimum atomic E-state index is -4.24. The lowest BCUT2D eigenvalue weighted by molar-refractivity contribution is -0.143. The summed E-state index contributed by atoms with van der Waals surface area (Å²) in [6.45, 7) is -0.795. The van der Waals surface area contributed by atoms with Crippen LogP contribution in [0.15, 0.2) is 35.3 Å². The molecule has 0 fully saturated rings. The van der Waals surface area contributed by atoms with Crippen molar-refractivity contribution in [1.29, 1.82) is 0 Å². The third-order valence-electron chi connectivity index (χ3n) is 3.54. The molecule has 0 atom stereocenters. The van der Waals surface area contributed by atoms with Gasteiger partial charge >= 0.3 is 6.18 Å². The lowest BCUT2D eigenvalue weighted by atomic mass is 10.2. The van der Waals surface area contributed by atoms with E-state index < -0.39 is 18.6 Å². The van der Waals surface area contributed by atoms with E-state index in [1.165, 1.54) is 13.2 Å². The van der Waals surface area contributed by atoms with Crippen LogP contribution in [-0.2, 0) is 11.3 Å². The normalized spacial score (nSPS) is 11.9. The van der Waals surface area contributed by atoms with Crippen LogP contribution in [0.1, 0.15) is 6.42 Å². The number of carbonyl (C=O) groups is 1. The molecule has 0 saturated heterocycles. The summed E-state index contributed by atoms with van der Waals surface area (Å²) >= 11 is 0. The van der Waals surface area contributed by atoms with Crippen LogP contribution in [0.4, 0.5) is 13.2 Å². The Kier molecular flexibility index (Phi) is 6.13. The highest BCUT2D eigenvalue weighted by Gasteiger charge is 2.28. The van der Waals surface area contributed by atoms with E-state index in [1.807, 2.05) is 0 Å². The van der Waals surface area contributed by atoms with E-state index >= 15 is 0 Å². The zero-order valence-corrected chi connectivity index (χ0v) is 13.7. The van der Waals surface area contributed by atoms with Crippen molar-refractivity contribution in [3.63, 3.8) is 0 Å². The Balaban J connectivity index is 1.81. The van der Waals surface area contributed by atoms with Gasteiger partial charge in [-0.05, 0) is 26.1 Å². The number of hydrogen-bond acceptors (Lipinski definition) is 4. The van der Waals surface area contributed by atoms with E-state index in [1.54, 1.807) is 24.3 Å². The van der Waals surface area contributed by atoms with Gasteiger partial charge in [-0.15, -0.1) is 0 Å².